The second-order valence-electron chi connectivity index (χ2n) is 4.10. The molecule has 0 spiro atoms. The zero-order valence-corrected chi connectivity index (χ0v) is 10.3. The number of nitrogens with one attached hydrogen (secondary N) is 1. The summed E-state index contributed by atoms with van der Waals surface area (Å²) >= 11 is 0. The van der Waals surface area contributed by atoms with E-state index in [1.165, 1.54) is 0 Å². The quantitative estimate of drug-likeness (QED) is 0.763. The summed E-state index contributed by atoms with van der Waals surface area (Å²) in [5.74, 6) is 0.957. The first-order chi connectivity index (χ1) is 8.90. The molecule has 0 atom stereocenters. The molecule has 0 radical (unpaired) electrons. The van der Waals surface area contributed by atoms with Crippen LogP contribution in [0.15, 0.2) is 47.3 Å². The van der Waals surface area contributed by atoms with Crippen LogP contribution in [-0.4, -0.2) is 15.9 Å². The van der Waals surface area contributed by atoms with Crippen molar-refractivity contribution in [1.29, 1.82) is 0 Å². The summed E-state index contributed by atoms with van der Waals surface area (Å²) in [6, 6.07) is 8.09. The van der Waals surface area contributed by atoms with E-state index >= 15 is 0 Å². The number of aromatic nitrogens is 2. The van der Waals surface area contributed by atoms with Crippen LogP contribution in [0.5, 0.6) is 0 Å². The Kier molecular flexibility index (Phi) is 2.86. The summed E-state index contributed by atoms with van der Waals surface area (Å²) in [7, 11) is 0. The van der Waals surface area contributed by atoms with E-state index in [1.807, 2.05) is 30.6 Å². The maximum atomic E-state index is 5.55. The molecule has 18 heavy (non-hydrogen) atoms. The van der Waals surface area contributed by atoms with Crippen LogP contribution in [0.2, 0.25) is 0 Å². The van der Waals surface area contributed by atoms with Crippen molar-refractivity contribution in [3.63, 3.8) is 0 Å². The first-order valence-electron chi connectivity index (χ1n) is 6.09. The van der Waals surface area contributed by atoms with Gasteiger partial charge in [-0.3, -0.25) is 4.40 Å². The smallest absolute Gasteiger partial charge is 0.137 e. The van der Waals surface area contributed by atoms with Gasteiger partial charge >= 0.3 is 0 Å². The Bertz CT molecular complexity index is 654. The first-order valence-corrected chi connectivity index (χ1v) is 6.09. The fraction of sp³-hybridized carbons (Fsp3) is 0.214. The van der Waals surface area contributed by atoms with Crippen LogP contribution in [0, 0.1) is 0 Å². The molecule has 3 aromatic rings. The molecule has 0 saturated heterocycles. The molecular weight excluding hydrogens is 226 g/mol. The number of pyridine rings is 1. The summed E-state index contributed by atoms with van der Waals surface area (Å²) in [4.78, 5) is 4.30. The Labute approximate surface area is 105 Å². The number of hydrogen-bond acceptors (Lipinski definition) is 3. The highest BCUT2D eigenvalue weighted by atomic mass is 16.3. The van der Waals surface area contributed by atoms with E-state index in [2.05, 4.69) is 27.7 Å². The Hall–Kier alpha value is -2.07. The molecule has 0 aliphatic heterocycles. The predicted octanol–water partition coefficient (Wildman–Crippen LogP) is 2.70. The lowest BCUT2D eigenvalue weighted by Gasteiger charge is -2.06. The zero-order chi connectivity index (χ0) is 12.4. The summed E-state index contributed by atoms with van der Waals surface area (Å²) in [6.45, 7) is 3.75. The van der Waals surface area contributed by atoms with Crippen molar-refractivity contribution >= 4 is 5.65 Å². The minimum Gasteiger partial charge on any atom is -0.467 e. The van der Waals surface area contributed by atoms with E-state index in [0.717, 1.165) is 35.8 Å². The molecule has 3 aromatic heterocycles. The Balaban J connectivity index is 2.09. The molecule has 0 aromatic carbocycles. The van der Waals surface area contributed by atoms with Gasteiger partial charge < -0.3 is 9.73 Å². The summed E-state index contributed by atoms with van der Waals surface area (Å²) in [5.41, 5.74) is 3.16. The molecule has 0 fully saturated rings. The fourth-order valence-corrected chi connectivity index (χ4v) is 2.11. The molecule has 1 N–H and O–H groups in total. The molecule has 92 valence electrons. The SMILES string of the molecule is CCNCc1occc1-c1cccc2nccn12. The Morgan fingerprint density at radius 2 is 2.28 bits per heavy atom. The molecule has 0 aliphatic rings. The molecule has 4 nitrogen and oxygen atoms in total. The summed E-state index contributed by atoms with van der Waals surface area (Å²) in [5, 5.41) is 3.28. The van der Waals surface area contributed by atoms with Crippen LogP contribution in [-0.2, 0) is 6.54 Å². The maximum Gasteiger partial charge on any atom is 0.137 e. The number of fused-ring (bicyclic) bond motifs is 1. The van der Waals surface area contributed by atoms with E-state index in [4.69, 9.17) is 4.42 Å². The highest BCUT2D eigenvalue weighted by molar-refractivity contribution is 5.65. The number of imidazole rings is 1. The van der Waals surface area contributed by atoms with E-state index in [-0.39, 0.29) is 0 Å². The third kappa shape index (κ3) is 1.80. The minimum absolute atomic E-state index is 0.740. The van der Waals surface area contributed by atoms with Gasteiger partial charge in [-0.15, -0.1) is 0 Å². The van der Waals surface area contributed by atoms with Crippen molar-refractivity contribution in [2.75, 3.05) is 6.54 Å². The van der Waals surface area contributed by atoms with Gasteiger partial charge in [-0.1, -0.05) is 13.0 Å². The molecule has 4 heteroatoms. The van der Waals surface area contributed by atoms with Gasteiger partial charge in [-0.25, -0.2) is 4.98 Å². The number of furan rings is 1. The van der Waals surface area contributed by atoms with Crippen molar-refractivity contribution in [3.05, 3.63) is 48.7 Å². The number of rotatable bonds is 4. The van der Waals surface area contributed by atoms with E-state index in [9.17, 15) is 0 Å². The third-order valence-corrected chi connectivity index (χ3v) is 2.99. The van der Waals surface area contributed by atoms with Gasteiger partial charge in [-0.2, -0.15) is 0 Å². The summed E-state index contributed by atoms with van der Waals surface area (Å²) < 4.78 is 7.62. The van der Waals surface area contributed by atoms with Crippen LogP contribution in [0.25, 0.3) is 16.9 Å². The van der Waals surface area contributed by atoms with Crippen LogP contribution >= 0.6 is 0 Å². The zero-order valence-electron chi connectivity index (χ0n) is 10.3. The van der Waals surface area contributed by atoms with Crippen molar-refractivity contribution in [1.82, 2.24) is 14.7 Å². The van der Waals surface area contributed by atoms with E-state index in [0.29, 0.717) is 0 Å². The van der Waals surface area contributed by atoms with Gasteiger partial charge in [0.05, 0.1) is 18.5 Å². The lowest BCUT2D eigenvalue weighted by molar-refractivity contribution is 0.488. The van der Waals surface area contributed by atoms with Gasteiger partial charge in [0.2, 0.25) is 0 Å². The first kappa shape index (κ1) is 11.0. The van der Waals surface area contributed by atoms with Crippen LogP contribution < -0.4 is 5.32 Å². The lowest BCUT2D eigenvalue weighted by atomic mass is 10.1. The standard InChI is InChI=1S/C14H15N3O/c1-2-15-10-13-11(6-9-18-13)12-4-3-5-14-16-7-8-17(12)14/h3-9,15H,2,10H2,1H3. The van der Waals surface area contributed by atoms with Crippen molar-refractivity contribution in [2.24, 2.45) is 0 Å². The van der Waals surface area contributed by atoms with Crippen LogP contribution in [0.1, 0.15) is 12.7 Å². The molecule has 0 amide bonds. The fourth-order valence-electron chi connectivity index (χ4n) is 2.11. The molecule has 3 heterocycles. The monoisotopic (exact) mass is 241 g/mol. The average molecular weight is 241 g/mol. The molecular formula is C14H15N3O. The van der Waals surface area contributed by atoms with Crippen LogP contribution in [0.4, 0.5) is 0 Å². The molecule has 0 unspecified atom stereocenters. The molecule has 0 bridgehead atoms. The van der Waals surface area contributed by atoms with Gasteiger partial charge in [0.1, 0.15) is 11.4 Å². The summed E-state index contributed by atoms with van der Waals surface area (Å²) in [6.07, 6.45) is 5.51. The van der Waals surface area contributed by atoms with E-state index in [1.54, 1.807) is 6.26 Å². The van der Waals surface area contributed by atoms with Gasteiger partial charge in [0, 0.05) is 18.0 Å². The van der Waals surface area contributed by atoms with Gasteiger partial charge in [-0.05, 0) is 24.7 Å². The molecule has 0 aliphatic carbocycles. The topological polar surface area (TPSA) is 42.5 Å². The third-order valence-electron chi connectivity index (χ3n) is 2.99. The normalized spacial score (nSPS) is 11.2. The maximum absolute atomic E-state index is 5.55. The van der Waals surface area contributed by atoms with Gasteiger partial charge in [0.25, 0.3) is 0 Å². The second kappa shape index (κ2) is 4.66. The number of nitrogens with zero attached hydrogens (tertiary/aromatic N) is 2. The van der Waals surface area contributed by atoms with Crippen molar-refractivity contribution in [2.45, 2.75) is 13.5 Å². The lowest BCUT2D eigenvalue weighted by Crippen LogP contribution is -2.11. The second-order valence-corrected chi connectivity index (χ2v) is 4.10. The van der Waals surface area contributed by atoms with E-state index < -0.39 is 0 Å². The van der Waals surface area contributed by atoms with Gasteiger partial charge in [0.15, 0.2) is 0 Å². The molecule has 3 rings (SSSR count). The Morgan fingerprint density at radius 1 is 1.33 bits per heavy atom. The van der Waals surface area contributed by atoms with Crippen molar-refractivity contribution < 1.29 is 4.42 Å². The van der Waals surface area contributed by atoms with Crippen molar-refractivity contribution in [3.8, 4) is 11.3 Å². The van der Waals surface area contributed by atoms with Crippen LogP contribution in [0.3, 0.4) is 0 Å². The number of hydrogen-bond donors (Lipinski definition) is 1. The highest BCUT2D eigenvalue weighted by Gasteiger charge is 2.11. The minimum atomic E-state index is 0.740. The largest absolute Gasteiger partial charge is 0.467 e. The predicted molar refractivity (Wildman–Crippen MR) is 70.3 cm³/mol. The highest BCUT2D eigenvalue weighted by Crippen LogP contribution is 2.25. The Morgan fingerprint density at radius 3 is 3.17 bits per heavy atom. The molecule has 0 saturated carbocycles. The average Bonchev–Trinajstić information content (AvgIpc) is 3.04.